The van der Waals surface area contributed by atoms with E-state index in [0.29, 0.717) is 21.9 Å². The zero-order chi connectivity index (χ0) is 19.9. The van der Waals surface area contributed by atoms with Crippen molar-refractivity contribution in [3.8, 4) is 5.75 Å². The minimum absolute atomic E-state index is 0.121. The summed E-state index contributed by atoms with van der Waals surface area (Å²) in [4.78, 5) is 25.5. The molecule has 0 heterocycles. The van der Waals surface area contributed by atoms with Gasteiger partial charge in [-0.15, -0.1) is 0 Å². The largest absolute Gasteiger partial charge is 0.497 e. The summed E-state index contributed by atoms with van der Waals surface area (Å²) in [5, 5.41) is 3.59. The summed E-state index contributed by atoms with van der Waals surface area (Å²) in [5.41, 5.74) is 0.935. The second kappa shape index (κ2) is 9.60. The maximum Gasteiger partial charge on any atom is 0.339 e. The van der Waals surface area contributed by atoms with Gasteiger partial charge < -0.3 is 14.8 Å². The SMILES string of the molecule is COc1ccc(C(=O)OC(C(=O)NC2CCCCC2)c2ccc(Cl)cc2)cc1. The van der Waals surface area contributed by atoms with Gasteiger partial charge in [-0.25, -0.2) is 4.79 Å². The van der Waals surface area contributed by atoms with Gasteiger partial charge in [-0.2, -0.15) is 0 Å². The molecule has 1 unspecified atom stereocenters. The third kappa shape index (κ3) is 5.26. The topological polar surface area (TPSA) is 64.6 Å². The average Bonchev–Trinajstić information content (AvgIpc) is 2.73. The molecule has 0 spiro atoms. The molecule has 0 bridgehead atoms. The van der Waals surface area contributed by atoms with Gasteiger partial charge in [-0.1, -0.05) is 43.0 Å². The van der Waals surface area contributed by atoms with E-state index in [-0.39, 0.29) is 11.9 Å². The van der Waals surface area contributed by atoms with Gasteiger partial charge in [0.25, 0.3) is 5.91 Å². The molecule has 148 valence electrons. The second-order valence-electron chi connectivity index (χ2n) is 6.91. The maximum absolute atomic E-state index is 12.9. The van der Waals surface area contributed by atoms with E-state index in [1.807, 2.05) is 0 Å². The standard InChI is InChI=1S/C22H24ClNO4/c1-27-19-13-9-16(10-14-19)22(26)28-20(15-7-11-17(23)12-8-15)21(25)24-18-5-3-2-4-6-18/h7-14,18,20H,2-6H2,1H3,(H,24,25). The number of hydrogen-bond acceptors (Lipinski definition) is 4. The first-order valence-electron chi connectivity index (χ1n) is 9.47. The molecule has 1 aliphatic carbocycles. The molecule has 2 aromatic rings. The summed E-state index contributed by atoms with van der Waals surface area (Å²) in [5.74, 6) is -0.238. The van der Waals surface area contributed by atoms with E-state index in [0.717, 1.165) is 25.7 Å². The van der Waals surface area contributed by atoms with Gasteiger partial charge in [-0.3, -0.25) is 4.79 Å². The molecule has 28 heavy (non-hydrogen) atoms. The van der Waals surface area contributed by atoms with Gasteiger partial charge >= 0.3 is 5.97 Å². The Kier molecular flexibility index (Phi) is 6.93. The van der Waals surface area contributed by atoms with Crippen LogP contribution in [0.1, 0.15) is 54.1 Å². The van der Waals surface area contributed by atoms with Gasteiger partial charge in [0.15, 0.2) is 0 Å². The van der Waals surface area contributed by atoms with E-state index >= 15 is 0 Å². The lowest BCUT2D eigenvalue weighted by molar-refractivity contribution is -0.131. The molecule has 2 aromatic carbocycles. The molecule has 1 fully saturated rings. The van der Waals surface area contributed by atoms with Crippen molar-refractivity contribution in [2.24, 2.45) is 0 Å². The predicted octanol–water partition coefficient (Wildman–Crippen LogP) is 4.70. The van der Waals surface area contributed by atoms with E-state index < -0.39 is 12.1 Å². The van der Waals surface area contributed by atoms with Crippen LogP contribution in [0, 0.1) is 0 Å². The van der Waals surface area contributed by atoms with Gasteiger partial charge in [0.05, 0.1) is 12.7 Å². The third-order valence-corrected chi connectivity index (χ3v) is 5.17. The van der Waals surface area contributed by atoms with Crippen molar-refractivity contribution in [2.45, 2.75) is 44.2 Å². The molecule has 1 aliphatic rings. The number of halogens is 1. The van der Waals surface area contributed by atoms with Crippen molar-refractivity contribution < 1.29 is 19.1 Å². The molecular formula is C22H24ClNO4. The minimum atomic E-state index is -1.03. The van der Waals surface area contributed by atoms with Crippen molar-refractivity contribution in [3.63, 3.8) is 0 Å². The van der Waals surface area contributed by atoms with Crippen LogP contribution in [0.25, 0.3) is 0 Å². The number of benzene rings is 2. The van der Waals surface area contributed by atoms with Crippen molar-refractivity contribution in [2.75, 3.05) is 7.11 Å². The molecule has 0 aromatic heterocycles. The van der Waals surface area contributed by atoms with E-state index in [9.17, 15) is 9.59 Å². The highest BCUT2D eigenvalue weighted by Gasteiger charge is 2.28. The van der Waals surface area contributed by atoms with Gasteiger partial charge in [0.2, 0.25) is 6.10 Å². The van der Waals surface area contributed by atoms with Crippen LogP contribution in [-0.2, 0) is 9.53 Å². The summed E-state index contributed by atoms with van der Waals surface area (Å²) < 4.78 is 10.7. The van der Waals surface area contributed by atoms with Crippen LogP contribution in [0.2, 0.25) is 5.02 Å². The Balaban J connectivity index is 1.77. The van der Waals surface area contributed by atoms with Crippen LogP contribution in [-0.4, -0.2) is 25.0 Å². The normalized spacial score (nSPS) is 15.5. The quantitative estimate of drug-likeness (QED) is 0.713. The molecule has 1 N–H and O–H groups in total. The van der Waals surface area contributed by atoms with E-state index in [1.54, 1.807) is 55.6 Å². The number of carbonyl (C=O) groups is 2. The van der Waals surface area contributed by atoms with Gasteiger partial charge in [0.1, 0.15) is 5.75 Å². The van der Waals surface area contributed by atoms with E-state index in [2.05, 4.69) is 5.32 Å². The summed E-state index contributed by atoms with van der Waals surface area (Å²) in [6.07, 6.45) is 4.26. The monoisotopic (exact) mass is 401 g/mol. The highest BCUT2D eigenvalue weighted by atomic mass is 35.5. The smallest absolute Gasteiger partial charge is 0.339 e. The van der Waals surface area contributed by atoms with Crippen LogP contribution in [0.4, 0.5) is 0 Å². The maximum atomic E-state index is 12.9. The van der Waals surface area contributed by atoms with Crippen LogP contribution in [0.5, 0.6) is 5.75 Å². The molecule has 0 saturated heterocycles. The number of esters is 1. The molecule has 0 radical (unpaired) electrons. The highest BCUT2D eigenvalue weighted by molar-refractivity contribution is 6.30. The van der Waals surface area contributed by atoms with Crippen molar-refractivity contribution in [3.05, 3.63) is 64.7 Å². The molecular weight excluding hydrogens is 378 g/mol. The number of methoxy groups -OCH3 is 1. The Morgan fingerprint density at radius 3 is 2.25 bits per heavy atom. The molecule has 1 saturated carbocycles. The van der Waals surface area contributed by atoms with E-state index in [4.69, 9.17) is 21.1 Å². The first-order valence-corrected chi connectivity index (χ1v) is 9.85. The fourth-order valence-corrected chi connectivity index (χ4v) is 3.46. The predicted molar refractivity (Wildman–Crippen MR) is 108 cm³/mol. The lowest BCUT2D eigenvalue weighted by atomic mass is 9.95. The number of nitrogens with one attached hydrogen (secondary N) is 1. The Morgan fingerprint density at radius 1 is 1.00 bits per heavy atom. The minimum Gasteiger partial charge on any atom is -0.497 e. The van der Waals surface area contributed by atoms with Gasteiger partial charge in [0, 0.05) is 16.6 Å². The number of ether oxygens (including phenoxy) is 2. The van der Waals surface area contributed by atoms with Gasteiger partial charge in [-0.05, 0) is 49.2 Å². The van der Waals surface area contributed by atoms with Crippen LogP contribution < -0.4 is 10.1 Å². The molecule has 3 rings (SSSR count). The summed E-state index contributed by atoms with van der Waals surface area (Å²) >= 11 is 5.96. The second-order valence-corrected chi connectivity index (χ2v) is 7.35. The number of amides is 1. The van der Waals surface area contributed by atoms with Crippen LogP contribution in [0.15, 0.2) is 48.5 Å². The Hall–Kier alpha value is -2.53. The molecule has 6 heteroatoms. The lowest BCUT2D eigenvalue weighted by Gasteiger charge is -2.25. The molecule has 1 atom stereocenters. The zero-order valence-corrected chi connectivity index (χ0v) is 16.6. The summed E-state index contributed by atoms with van der Waals surface area (Å²) in [6, 6.07) is 13.5. The van der Waals surface area contributed by atoms with Crippen LogP contribution in [0.3, 0.4) is 0 Å². The zero-order valence-electron chi connectivity index (χ0n) is 15.8. The van der Waals surface area contributed by atoms with Crippen molar-refractivity contribution in [1.29, 1.82) is 0 Å². The van der Waals surface area contributed by atoms with Crippen molar-refractivity contribution in [1.82, 2.24) is 5.32 Å². The molecule has 0 aliphatic heterocycles. The Morgan fingerprint density at radius 2 is 1.64 bits per heavy atom. The van der Waals surface area contributed by atoms with E-state index in [1.165, 1.54) is 6.42 Å². The fraction of sp³-hybridized carbons (Fsp3) is 0.364. The molecule has 1 amide bonds. The number of hydrogen-bond donors (Lipinski definition) is 1. The first kappa shape index (κ1) is 20.2. The molecule has 5 nitrogen and oxygen atoms in total. The summed E-state index contributed by atoms with van der Waals surface area (Å²) in [7, 11) is 1.56. The Bertz CT molecular complexity index is 798. The van der Waals surface area contributed by atoms with Crippen LogP contribution >= 0.6 is 11.6 Å². The highest BCUT2D eigenvalue weighted by Crippen LogP contribution is 2.24. The fourth-order valence-electron chi connectivity index (χ4n) is 3.34. The third-order valence-electron chi connectivity index (χ3n) is 4.91. The Labute approximate surface area is 170 Å². The first-order chi connectivity index (χ1) is 13.6. The number of rotatable bonds is 6. The number of carbonyl (C=O) groups excluding carboxylic acids is 2. The average molecular weight is 402 g/mol. The lowest BCUT2D eigenvalue weighted by Crippen LogP contribution is -2.40. The van der Waals surface area contributed by atoms with Crippen molar-refractivity contribution >= 4 is 23.5 Å². The summed E-state index contributed by atoms with van der Waals surface area (Å²) in [6.45, 7) is 0.